The maximum atomic E-state index is 13.9. The van der Waals surface area contributed by atoms with Gasteiger partial charge in [0, 0.05) is 28.4 Å². The van der Waals surface area contributed by atoms with E-state index in [2.05, 4.69) is 47.7 Å². The molecule has 1 fully saturated rings. The lowest BCUT2D eigenvalue weighted by molar-refractivity contribution is 0.106. The highest BCUT2D eigenvalue weighted by Crippen LogP contribution is 2.51. The summed E-state index contributed by atoms with van der Waals surface area (Å²) in [4.78, 5) is 5.31. The van der Waals surface area contributed by atoms with Gasteiger partial charge in [0.05, 0.1) is 12.7 Å². The maximum absolute atomic E-state index is 13.9. The van der Waals surface area contributed by atoms with Gasteiger partial charge >= 0.3 is 0 Å². The predicted molar refractivity (Wildman–Crippen MR) is 140 cm³/mol. The summed E-state index contributed by atoms with van der Waals surface area (Å²) >= 11 is 0. The molecule has 1 aromatic heterocycles. The highest BCUT2D eigenvalue weighted by atomic mass is 28.4. The van der Waals surface area contributed by atoms with E-state index in [0.717, 1.165) is 59.3 Å². The second-order valence-corrected chi connectivity index (χ2v) is 17.5. The van der Waals surface area contributed by atoms with Gasteiger partial charge in [-0.05, 0) is 72.5 Å². The predicted octanol–water partition coefficient (Wildman–Crippen LogP) is 8.07. The van der Waals surface area contributed by atoms with Gasteiger partial charge in [-0.1, -0.05) is 59.6 Å². The zero-order valence-electron chi connectivity index (χ0n) is 22.1. The van der Waals surface area contributed by atoms with Gasteiger partial charge in [0.1, 0.15) is 5.82 Å². The van der Waals surface area contributed by atoms with Crippen molar-refractivity contribution in [2.24, 2.45) is 5.41 Å². The lowest BCUT2D eigenvalue weighted by atomic mass is 9.72. The first-order valence-corrected chi connectivity index (χ1v) is 15.8. The Morgan fingerprint density at radius 1 is 1.12 bits per heavy atom. The molecule has 1 unspecified atom stereocenters. The summed E-state index contributed by atoms with van der Waals surface area (Å²) in [6, 6.07) is 6.75. The molecule has 1 aromatic carbocycles. The second kappa shape index (κ2) is 9.14. The Morgan fingerprint density at radius 3 is 2.29 bits per heavy atom. The maximum Gasteiger partial charge on any atom is 0.192 e. The van der Waals surface area contributed by atoms with Crippen LogP contribution in [0.25, 0.3) is 11.1 Å². The molecule has 1 N–H and O–H groups in total. The van der Waals surface area contributed by atoms with Crippen molar-refractivity contribution in [1.82, 2.24) is 4.98 Å². The largest absolute Gasteiger partial charge is 0.410 e. The number of aliphatic hydroxyl groups excluding tert-OH is 1. The van der Waals surface area contributed by atoms with E-state index in [9.17, 15) is 9.50 Å². The number of aromatic nitrogens is 1. The first kappa shape index (κ1) is 25.5. The molecule has 1 atom stereocenters. The van der Waals surface area contributed by atoms with Crippen LogP contribution < -0.4 is 0 Å². The summed E-state index contributed by atoms with van der Waals surface area (Å²) in [7, 11) is -2.07. The van der Waals surface area contributed by atoms with Crippen LogP contribution in [0.15, 0.2) is 24.3 Å². The van der Waals surface area contributed by atoms with Gasteiger partial charge in [-0.25, -0.2) is 4.39 Å². The van der Waals surface area contributed by atoms with Crippen molar-refractivity contribution in [1.29, 1.82) is 0 Å². The molecule has 5 heteroatoms. The monoisotopic (exact) mass is 483 g/mol. The Balaban J connectivity index is 1.98. The Labute approximate surface area is 206 Å². The summed E-state index contributed by atoms with van der Waals surface area (Å²) in [5.41, 5.74) is 6.27. The molecule has 2 aromatic rings. The number of pyridine rings is 1. The SMILES string of the molecule is CC1(C)Cc2nc(C3CCCC3)c(CO)c(-c3ccc(F)cc3)c2C(O[Si](C)(C)C(C)(C)C)C1. The number of benzene rings is 1. The molecular formula is C29H42FNO2Si. The molecule has 186 valence electrons. The number of rotatable bonds is 5. The fraction of sp³-hybridized carbons (Fsp3) is 0.621. The van der Waals surface area contributed by atoms with E-state index in [1.807, 2.05) is 12.1 Å². The minimum absolute atomic E-state index is 0.0605. The van der Waals surface area contributed by atoms with Gasteiger partial charge in [0.2, 0.25) is 0 Å². The average molecular weight is 484 g/mol. The molecule has 0 amide bonds. The number of hydrogen-bond donors (Lipinski definition) is 1. The van der Waals surface area contributed by atoms with Crippen LogP contribution in [0.1, 0.15) is 101 Å². The summed E-state index contributed by atoms with van der Waals surface area (Å²) in [6.45, 7) is 16.0. The Hall–Kier alpha value is -1.56. The number of aliphatic hydroxyl groups is 1. The average Bonchev–Trinajstić information content (AvgIpc) is 3.26. The van der Waals surface area contributed by atoms with Crippen molar-refractivity contribution in [3.05, 3.63) is 52.6 Å². The third-order valence-corrected chi connectivity index (χ3v) is 12.9. The molecule has 2 aliphatic rings. The van der Waals surface area contributed by atoms with Crippen LogP contribution >= 0.6 is 0 Å². The van der Waals surface area contributed by atoms with Crippen LogP contribution in [-0.2, 0) is 17.5 Å². The van der Waals surface area contributed by atoms with E-state index in [1.54, 1.807) is 0 Å². The van der Waals surface area contributed by atoms with Crippen LogP contribution in [0, 0.1) is 11.2 Å². The van der Waals surface area contributed by atoms with Crippen molar-refractivity contribution in [3.63, 3.8) is 0 Å². The summed E-state index contributed by atoms with van der Waals surface area (Å²) in [5.74, 6) is 0.139. The number of fused-ring (bicyclic) bond motifs is 1. The van der Waals surface area contributed by atoms with Gasteiger partial charge in [-0.15, -0.1) is 0 Å². The molecule has 1 saturated carbocycles. The van der Waals surface area contributed by atoms with E-state index in [-0.39, 0.29) is 29.0 Å². The normalized spacial score (nSPS) is 21.0. The molecule has 4 rings (SSSR count). The first-order chi connectivity index (χ1) is 15.8. The molecule has 0 aliphatic heterocycles. The Bertz CT molecular complexity index is 1030. The van der Waals surface area contributed by atoms with E-state index < -0.39 is 8.32 Å². The van der Waals surface area contributed by atoms with Crippen LogP contribution in [0.4, 0.5) is 4.39 Å². The zero-order chi connectivity index (χ0) is 24.9. The van der Waals surface area contributed by atoms with Crippen molar-refractivity contribution >= 4 is 8.32 Å². The van der Waals surface area contributed by atoms with Crippen molar-refractivity contribution in [2.75, 3.05) is 0 Å². The summed E-state index contributed by atoms with van der Waals surface area (Å²) in [5, 5.41) is 10.8. The lowest BCUT2D eigenvalue weighted by Crippen LogP contribution is -2.44. The van der Waals surface area contributed by atoms with Gasteiger partial charge < -0.3 is 9.53 Å². The minimum atomic E-state index is -2.07. The molecule has 1 heterocycles. The van der Waals surface area contributed by atoms with Crippen LogP contribution in [0.2, 0.25) is 18.1 Å². The molecule has 0 saturated heterocycles. The fourth-order valence-corrected chi connectivity index (χ4v) is 6.86. The highest BCUT2D eigenvalue weighted by molar-refractivity contribution is 6.74. The molecule has 0 bridgehead atoms. The molecule has 34 heavy (non-hydrogen) atoms. The highest BCUT2D eigenvalue weighted by Gasteiger charge is 2.44. The summed E-state index contributed by atoms with van der Waals surface area (Å²) < 4.78 is 21.0. The van der Waals surface area contributed by atoms with E-state index >= 15 is 0 Å². The molecule has 0 spiro atoms. The second-order valence-electron chi connectivity index (χ2n) is 12.8. The van der Waals surface area contributed by atoms with E-state index in [4.69, 9.17) is 9.41 Å². The first-order valence-electron chi connectivity index (χ1n) is 12.9. The van der Waals surface area contributed by atoms with Crippen LogP contribution in [-0.4, -0.2) is 18.4 Å². The third kappa shape index (κ3) is 4.89. The molecule has 0 radical (unpaired) electrons. The van der Waals surface area contributed by atoms with Crippen molar-refractivity contribution in [2.45, 2.75) is 110 Å². The number of halogens is 1. The minimum Gasteiger partial charge on any atom is -0.410 e. The van der Waals surface area contributed by atoms with Gasteiger partial charge in [-0.3, -0.25) is 4.98 Å². The zero-order valence-corrected chi connectivity index (χ0v) is 23.1. The molecule has 3 nitrogen and oxygen atoms in total. The fourth-order valence-electron chi connectivity index (χ4n) is 5.60. The van der Waals surface area contributed by atoms with E-state index in [0.29, 0.717) is 5.92 Å². The molecular weight excluding hydrogens is 441 g/mol. The van der Waals surface area contributed by atoms with Crippen LogP contribution in [0.5, 0.6) is 0 Å². The quantitative estimate of drug-likeness (QED) is 0.437. The van der Waals surface area contributed by atoms with Crippen LogP contribution in [0.3, 0.4) is 0 Å². The van der Waals surface area contributed by atoms with Gasteiger partial charge in [0.25, 0.3) is 0 Å². The Morgan fingerprint density at radius 2 is 1.74 bits per heavy atom. The standard InChI is InChI=1S/C29H42FNO2Si/c1-28(2,3)34(6,7)33-24-17-29(4,5)16-23-26(24)25(19-12-14-21(30)15-13-19)22(18-32)27(31-23)20-10-8-9-11-20/h12-15,20,24,32H,8-11,16-18H2,1-7H3. The Kier molecular flexibility index (Phi) is 6.87. The number of nitrogens with zero attached hydrogens (tertiary/aromatic N) is 1. The third-order valence-electron chi connectivity index (χ3n) is 8.43. The molecule has 2 aliphatic carbocycles. The van der Waals surface area contributed by atoms with Gasteiger partial charge in [-0.2, -0.15) is 0 Å². The van der Waals surface area contributed by atoms with Crippen molar-refractivity contribution < 1.29 is 13.9 Å². The summed E-state index contributed by atoms with van der Waals surface area (Å²) in [6.07, 6.45) is 6.38. The lowest BCUT2D eigenvalue weighted by Gasteiger charge is -2.45. The van der Waals surface area contributed by atoms with Gasteiger partial charge in [0.15, 0.2) is 8.32 Å². The number of hydrogen-bond acceptors (Lipinski definition) is 3. The van der Waals surface area contributed by atoms with Crippen molar-refractivity contribution in [3.8, 4) is 11.1 Å². The smallest absolute Gasteiger partial charge is 0.192 e. The topological polar surface area (TPSA) is 42.4 Å². The van der Waals surface area contributed by atoms with E-state index in [1.165, 1.54) is 25.0 Å².